The molecule has 2 fully saturated rings. The Bertz CT molecular complexity index is 412. The second-order valence-electron chi connectivity index (χ2n) is 6.20. The van der Waals surface area contributed by atoms with E-state index in [-0.39, 0.29) is 30.7 Å². The van der Waals surface area contributed by atoms with Crippen molar-refractivity contribution in [2.75, 3.05) is 6.54 Å². The highest BCUT2D eigenvalue weighted by Crippen LogP contribution is 2.45. The first kappa shape index (κ1) is 15.0. The van der Waals surface area contributed by atoms with Gasteiger partial charge in [-0.1, -0.05) is 32.6 Å². The van der Waals surface area contributed by atoms with Gasteiger partial charge in [-0.15, -0.1) is 0 Å². The number of carbonyl (C=O) groups is 3. The molecule has 5 nitrogen and oxygen atoms in total. The number of hydrogen-bond donors (Lipinski definition) is 1. The number of aliphatic carboxylic acids is 1. The van der Waals surface area contributed by atoms with Crippen LogP contribution < -0.4 is 0 Å². The average molecular weight is 281 g/mol. The second-order valence-corrected chi connectivity index (χ2v) is 6.20. The fraction of sp³-hybridized carbons (Fsp3) is 0.800. The molecule has 20 heavy (non-hydrogen) atoms. The first-order valence-corrected chi connectivity index (χ1v) is 7.55. The molecular formula is C15H23NO4. The van der Waals surface area contributed by atoms with Crippen LogP contribution in [-0.4, -0.2) is 34.3 Å². The van der Waals surface area contributed by atoms with Crippen molar-refractivity contribution in [2.24, 2.45) is 11.3 Å². The van der Waals surface area contributed by atoms with Gasteiger partial charge in [-0.3, -0.25) is 19.3 Å². The topological polar surface area (TPSA) is 74.7 Å². The molecule has 1 N–H and O–H groups in total. The van der Waals surface area contributed by atoms with E-state index in [1.165, 1.54) is 4.90 Å². The average Bonchev–Trinajstić information content (AvgIpc) is 2.62. The Kier molecular flexibility index (Phi) is 4.45. The minimum atomic E-state index is -0.872. The van der Waals surface area contributed by atoms with E-state index in [0.29, 0.717) is 12.8 Å². The number of amides is 2. The lowest BCUT2D eigenvalue weighted by Crippen LogP contribution is -2.39. The van der Waals surface area contributed by atoms with E-state index in [1.807, 2.05) is 6.92 Å². The van der Waals surface area contributed by atoms with Gasteiger partial charge in [0.05, 0.1) is 5.41 Å². The quantitative estimate of drug-likeness (QED) is 0.784. The molecule has 0 radical (unpaired) electrons. The molecule has 5 heteroatoms. The van der Waals surface area contributed by atoms with Gasteiger partial charge in [0.2, 0.25) is 11.8 Å². The Morgan fingerprint density at radius 2 is 1.95 bits per heavy atom. The number of carbonyl (C=O) groups excluding carboxylic acids is 2. The van der Waals surface area contributed by atoms with E-state index in [9.17, 15) is 14.4 Å². The van der Waals surface area contributed by atoms with Gasteiger partial charge >= 0.3 is 5.97 Å². The summed E-state index contributed by atoms with van der Waals surface area (Å²) in [5.41, 5.74) is -0.461. The molecule has 1 aliphatic carbocycles. The minimum Gasteiger partial charge on any atom is -0.481 e. The van der Waals surface area contributed by atoms with E-state index in [0.717, 1.165) is 32.1 Å². The van der Waals surface area contributed by atoms with Crippen LogP contribution in [0.4, 0.5) is 0 Å². The summed E-state index contributed by atoms with van der Waals surface area (Å²) in [7, 11) is 0. The zero-order valence-electron chi connectivity index (χ0n) is 12.1. The first-order chi connectivity index (χ1) is 9.48. The summed E-state index contributed by atoms with van der Waals surface area (Å²) in [6.45, 7) is 2.16. The Balaban J connectivity index is 2.06. The van der Waals surface area contributed by atoms with Crippen molar-refractivity contribution in [3.63, 3.8) is 0 Å². The largest absolute Gasteiger partial charge is 0.481 e. The van der Waals surface area contributed by atoms with E-state index in [1.54, 1.807) is 0 Å². The molecule has 1 heterocycles. The molecule has 112 valence electrons. The standard InChI is InChI=1S/C15H23NO4/c1-2-11(8-13(18)19)10-16-12(17)9-15(14(16)20)6-4-3-5-7-15/h11H,2-10H2,1H3,(H,18,19). The molecule has 1 unspecified atom stereocenters. The van der Waals surface area contributed by atoms with E-state index in [4.69, 9.17) is 5.11 Å². The molecular weight excluding hydrogens is 258 g/mol. The lowest BCUT2D eigenvalue weighted by molar-refractivity contribution is -0.145. The van der Waals surface area contributed by atoms with Crippen molar-refractivity contribution in [3.8, 4) is 0 Å². The Morgan fingerprint density at radius 3 is 2.50 bits per heavy atom. The molecule has 1 spiro atoms. The summed E-state index contributed by atoms with van der Waals surface area (Å²) in [6.07, 6.45) is 5.79. The maximum atomic E-state index is 12.6. The molecule has 0 aromatic carbocycles. The number of likely N-dealkylation sites (tertiary alicyclic amines) is 1. The van der Waals surface area contributed by atoms with Crippen LogP contribution in [0.2, 0.25) is 0 Å². The van der Waals surface area contributed by atoms with Crippen LogP contribution >= 0.6 is 0 Å². The zero-order valence-corrected chi connectivity index (χ0v) is 12.1. The normalized spacial score (nSPS) is 23.4. The van der Waals surface area contributed by atoms with Crippen LogP contribution in [0.5, 0.6) is 0 Å². The van der Waals surface area contributed by atoms with Gasteiger partial charge < -0.3 is 5.11 Å². The molecule has 1 atom stereocenters. The molecule has 0 aromatic rings. The monoisotopic (exact) mass is 281 g/mol. The van der Waals surface area contributed by atoms with Gasteiger partial charge in [-0.25, -0.2) is 0 Å². The zero-order chi connectivity index (χ0) is 14.8. The molecule has 0 aromatic heterocycles. The van der Waals surface area contributed by atoms with Crippen molar-refractivity contribution in [2.45, 2.75) is 58.3 Å². The van der Waals surface area contributed by atoms with Crippen molar-refractivity contribution in [1.82, 2.24) is 4.90 Å². The third-order valence-electron chi connectivity index (χ3n) is 4.78. The third kappa shape index (κ3) is 2.86. The van der Waals surface area contributed by atoms with Crippen LogP contribution in [0.15, 0.2) is 0 Å². The van der Waals surface area contributed by atoms with E-state index < -0.39 is 11.4 Å². The summed E-state index contributed by atoms with van der Waals surface area (Å²) >= 11 is 0. The predicted molar refractivity (Wildman–Crippen MR) is 72.9 cm³/mol. The highest BCUT2D eigenvalue weighted by molar-refractivity contribution is 6.06. The van der Waals surface area contributed by atoms with Crippen molar-refractivity contribution < 1.29 is 19.5 Å². The Hall–Kier alpha value is -1.39. The lowest BCUT2D eigenvalue weighted by Gasteiger charge is -2.31. The van der Waals surface area contributed by atoms with E-state index >= 15 is 0 Å². The minimum absolute atomic E-state index is 0.0144. The van der Waals surface area contributed by atoms with Gasteiger partial charge in [-0.05, 0) is 18.8 Å². The third-order valence-corrected chi connectivity index (χ3v) is 4.78. The predicted octanol–water partition coefficient (Wildman–Crippen LogP) is 2.20. The lowest BCUT2D eigenvalue weighted by atomic mass is 9.73. The Morgan fingerprint density at radius 1 is 1.30 bits per heavy atom. The Labute approximate surface area is 119 Å². The molecule has 2 amide bonds. The summed E-state index contributed by atoms with van der Waals surface area (Å²) in [5, 5.41) is 8.87. The van der Waals surface area contributed by atoms with Crippen LogP contribution in [0.1, 0.15) is 58.3 Å². The summed E-state index contributed by atoms with van der Waals surface area (Å²) in [5.74, 6) is -1.17. The number of imide groups is 1. The highest BCUT2D eigenvalue weighted by Gasteiger charge is 2.51. The maximum absolute atomic E-state index is 12.6. The molecule has 2 rings (SSSR count). The van der Waals surface area contributed by atoms with Gasteiger partial charge in [0.15, 0.2) is 0 Å². The SMILES string of the molecule is CCC(CC(=O)O)CN1C(=O)CC2(CCCCC2)C1=O. The van der Waals surface area contributed by atoms with Gasteiger partial charge in [-0.2, -0.15) is 0 Å². The number of carboxylic acids is 1. The number of carboxylic acid groups (broad SMARTS) is 1. The molecule has 1 saturated heterocycles. The smallest absolute Gasteiger partial charge is 0.303 e. The van der Waals surface area contributed by atoms with Crippen molar-refractivity contribution in [3.05, 3.63) is 0 Å². The number of hydrogen-bond acceptors (Lipinski definition) is 3. The first-order valence-electron chi connectivity index (χ1n) is 7.55. The number of rotatable bonds is 5. The molecule has 0 bridgehead atoms. The molecule has 1 saturated carbocycles. The van der Waals surface area contributed by atoms with Gasteiger partial charge in [0.1, 0.15) is 0 Å². The second kappa shape index (κ2) is 5.94. The fourth-order valence-electron chi connectivity index (χ4n) is 3.51. The van der Waals surface area contributed by atoms with Crippen molar-refractivity contribution in [1.29, 1.82) is 0 Å². The van der Waals surface area contributed by atoms with Crippen molar-refractivity contribution >= 4 is 17.8 Å². The summed E-state index contributed by atoms with van der Waals surface area (Å²) in [6, 6.07) is 0. The summed E-state index contributed by atoms with van der Waals surface area (Å²) < 4.78 is 0. The maximum Gasteiger partial charge on any atom is 0.303 e. The van der Waals surface area contributed by atoms with Crippen LogP contribution in [-0.2, 0) is 14.4 Å². The van der Waals surface area contributed by atoms with Gasteiger partial charge in [0, 0.05) is 19.4 Å². The van der Waals surface area contributed by atoms with Crippen LogP contribution in [0.3, 0.4) is 0 Å². The van der Waals surface area contributed by atoms with Crippen LogP contribution in [0, 0.1) is 11.3 Å². The summed E-state index contributed by atoms with van der Waals surface area (Å²) in [4.78, 5) is 36.9. The van der Waals surface area contributed by atoms with Crippen LogP contribution in [0.25, 0.3) is 0 Å². The molecule has 2 aliphatic rings. The van der Waals surface area contributed by atoms with Gasteiger partial charge in [0.25, 0.3) is 0 Å². The molecule has 1 aliphatic heterocycles. The highest BCUT2D eigenvalue weighted by atomic mass is 16.4. The van der Waals surface area contributed by atoms with E-state index in [2.05, 4.69) is 0 Å². The number of nitrogens with zero attached hydrogens (tertiary/aromatic N) is 1. The fourth-order valence-corrected chi connectivity index (χ4v) is 3.51.